The highest BCUT2D eigenvalue weighted by Gasteiger charge is 2.18. The van der Waals surface area contributed by atoms with E-state index in [2.05, 4.69) is 16.8 Å². The number of piperidine rings is 1. The summed E-state index contributed by atoms with van der Waals surface area (Å²) in [7, 11) is 0. The second kappa shape index (κ2) is 5.79. The number of aromatic amines is 1. The second-order valence-electron chi connectivity index (χ2n) is 5.45. The summed E-state index contributed by atoms with van der Waals surface area (Å²) in [6, 6.07) is 2.26. The zero-order chi connectivity index (χ0) is 14.1. The number of likely N-dealkylation sites (tertiary alicyclic amines) is 1. The molecule has 1 unspecified atom stereocenters. The first-order chi connectivity index (χ1) is 9.66. The van der Waals surface area contributed by atoms with Crippen LogP contribution in [0, 0.1) is 4.77 Å². The molecule has 6 heteroatoms. The highest BCUT2D eigenvalue weighted by Crippen LogP contribution is 2.16. The summed E-state index contributed by atoms with van der Waals surface area (Å²) in [5.74, 6) is 0. The smallest absolute Gasteiger partial charge is 0.272 e. The van der Waals surface area contributed by atoms with Gasteiger partial charge in [0, 0.05) is 12.6 Å². The van der Waals surface area contributed by atoms with Crippen molar-refractivity contribution in [3.8, 4) is 0 Å². The number of hydrogen-bond acceptors (Lipinski definition) is 4. The average Bonchev–Trinajstić information content (AvgIpc) is 2.92. The number of thiophene rings is 1. The molecule has 0 amide bonds. The van der Waals surface area contributed by atoms with Gasteiger partial charge in [-0.3, -0.25) is 14.3 Å². The topological polar surface area (TPSA) is 41.0 Å². The molecule has 3 rings (SSSR count). The Balaban J connectivity index is 1.90. The molecule has 0 radical (unpaired) electrons. The largest absolute Gasteiger partial charge is 0.331 e. The third kappa shape index (κ3) is 2.60. The molecule has 108 valence electrons. The fourth-order valence-corrected chi connectivity index (χ4v) is 3.94. The summed E-state index contributed by atoms with van der Waals surface area (Å²) in [5.41, 5.74) is 0.898. The van der Waals surface area contributed by atoms with Crippen LogP contribution in [0.4, 0.5) is 0 Å². The van der Waals surface area contributed by atoms with Crippen molar-refractivity contribution in [1.29, 1.82) is 0 Å². The Morgan fingerprint density at radius 2 is 2.15 bits per heavy atom. The van der Waals surface area contributed by atoms with Crippen LogP contribution >= 0.6 is 23.6 Å². The molecular weight excluding hydrogens is 290 g/mol. The summed E-state index contributed by atoms with van der Waals surface area (Å²) in [5, 5.41) is 1.93. The zero-order valence-corrected chi connectivity index (χ0v) is 13.2. The van der Waals surface area contributed by atoms with Crippen molar-refractivity contribution in [2.24, 2.45) is 0 Å². The van der Waals surface area contributed by atoms with E-state index < -0.39 is 0 Å². The minimum Gasteiger partial charge on any atom is -0.331 e. The van der Waals surface area contributed by atoms with Crippen molar-refractivity contribution in [3.05, 3.63) is 26.6 Å². The fraction of sp³-hybridized carbons (Fsp3) is 0.571. The van der Waals surface area contributed by atoms with Crippen LogP contribution in [0.15, 0.2) is 16.2 Å². The van der Waals surface area contributed by atoms with Crippen molar-refractivity contribution >= 4 is 33.8 Å². The van der Waals surface area contributed by atoms with Crippen molar-refractivity contribution < 1.29 is 0 Å². The Morgan fingerprint density at radius 1 is 1.40 bits per heavy atom. The number of nitrogens with one attached hydrogen (secondary N) is 1. The summed E-state index contributed by atoms with van der Waals surface area (Å²) >= 11 is 6.82. The minimum absolute atomic E-state index is 0.0441. The van der Waals surface area contributed by atoms with Gasteiger partial charge in [-0.05, 0) is 56.5 Å². The van der Waals surface area contributed by atoms with Gasteiger partial charge in [0.1, 0.15) is 4.70 Å². The molecule has 1 aliphatic heterocycles. The quantitative estimate of drug-likeness (QED) is 0.886. The van der Waals surface area contributed by atoms with Gasteiger partial charge in [-0.15, -0.1) is 11.3 Å². The van der Waals surface area contributed by atoms with Gasteiger partial charge in [-0.25, -0.2) is 0 Å². The molecule has 0 saturated carbocycles. The van der Waals surface area contributed by atoms with E-state index in [1.165, 1.54) is 30.6 Å². The van der Waals surface area contributed by atoms with E-state index in [0.717, 1.165) is 23.3 Å². The highest BCUT2D eigenvalue weighted by atomic mass is 32.1. The van der Waals surface area contributed by atoms with E-state index in [4.69, 9.17) is 12.2 Å². The predicted molar refractivity (Wildman–Crippen MR) is 86.2 cm³/mol. The van der Waals surface area contributed by atoms with Crippen LogP contribution in [-0.4, -0.2) is 33.6 Å². The average molecular weight is 309 g/mol. The van der Waals surface area contributed by atoms with E-state index >= 15 is 0 Å². The predicted octanol–water partition coefficient (Wildman–Crippen LogP) is 2.99. The number of rotatable bonds is 3. The Morgan fingerprint density at radius 3 is 2.90 bits per heavy atom. The Bertz CT molecular complexity index is 709. The molecule has 1 fully saturated rings. The van der Waals surface area contributed by atoms with Crippen LogP contribution in [-0.2, 0) is 6.54 Å². The Labute approximate surface area is 127 Å². The zero-order valence-electron chi connectivity index (χ0n) is 11.6. The van der Waals surface area contributed by atoms with E-state index in [1.54, 1.807) is 4.57 Å². The van der Waals surface area contributed by atoms with Crippen molar-refractivity contribution in [3.63, 3.8) is 0 Å². The number of hydrogen-bond donors (Lipinski definition) is 1. The molecule has 2 aromatic rings. The van der Waals surface area contributed by atoms with Gasteiger partial charge in [0.15, 0.2) is 4.77 Å². The molecule has 0 spiro atoms. The molecule has 0 bridgehead atoms. The second-order valence-corrected chi connectivity index (χ2v) is 6.76. The van der Waals surface area contributed by atoms with Crippen molar-refractivity contribution in [2.45, 2.75) is 38.8 Å². The van der Waals surface area contributed by atoms with Crippen molar-refractivity contribution in [2.75, 3.05) is 13.1 Å². The Hall–Kier alpha value is -0.980. The van der Waals surface area contributed by atoms with Gasteiger partial charge in [-0.1, -0.05) is 6.42 Å². The monoisotopic (exact) mass is 309 g/mol. The summed E-state index contributed by atoms with van der Waals surface area (Å²) in [4.78, 5) is 18.1. The summed E-state index contributed by atoms with van der Waals surface area (Å²) in [6.07, 6.45) is 3.84. The van der Waals surface area contributed by atoms with E-state index in [-0.39, 0.29) is 5.56 Å². The van der Waals surface area contributed by atoms with Gasteiger partial charge in [0.05, 0.1) is 5.52 Å². The summed E-state index contributed by atoms with van der Waals surface area (Å²) in [6.45, 7) is 5.12. The first-order valence-electron chi connectivity index (χ1n) is 7.11. The van der Waals surface area contributed by atoms with E-state index in [1.807, 2.05) is 11.4 Å². The van der Waals surface area contributed by atoms with Gasteiger partial charge >= 0.3 is 0 Å². The maximum Gasteiger partial charge on any atom is 0.272 e. The molecular formula is C14H19N3OS2. The normalized spacial score (nSPS) is 18.4. The van der Waals surface area contributed by atoms with Gasteiger partial charge in [-0.2, -0.15) is 0 Å². The lowest BCUT2D eigenvalue weighted by molar-refractivity contribution is 0.158. The van der Waals surface area contributed by atoms with E-state index in [0.29, 0.717) is 17.4 Å². The van der Waals surface area contributed by atoms with Crippen LogP contribution < -0.4 is 5.56 Å². The van der Waals surface area contributed by atoms with Crippen LogP contribution in [0.1, 0.15) is 26.2 Å². The molecule has 1 saturated heterocycles. The molecule has 4 nitrogen and oxygen atoms in total. The lowest BCUT2D eigenvalue weighted by atomic mass is 10.1. The number of fused-ring (bicyclic) bond motifs is 1. The molecule has 0 aliphatic carbocycles. The molecule has 1 aliphatic rings. The van der Waals surface area contributed by atoms with Crippen LogP contribution in [0.3, 0.4) is 0 Å². The lowest BCUT2D eigenvalue weighted by Crippen LogP contribution is -2.41. The first-order valence-corrected chi connectivity index (χ1v) is 8.40. The van der Waals surface area contributed by atoms with Gasteiger partial charge in [0.25, 0.3) is 5.56 Å². The molecule has 0 aromatic carbocycles. The minimum atomic E-state index is 0.0441. The Kier molecular flexibility index (Phi) is 4.05. The van der Waals surface area contributed by atoms with Gasteiger partial charge in [0.2, 0.25) is 0 Å². The summed E-state index contributed by atoms with van der Waals surface area (Å²) < 4.78 is 3.02. The van der Waals surface area contributed by atoms with E-state index in [9.17, 15) is 4.79 Å². The number of aromatic nitrogens is 2. The third-order valence-corrected chi connectivity index (χ3v) is 5.28. The lowest BCUT2D eigenvalue weighted by Gasteiger charge is -2.32. The molecule has 1 atom stereocenters. The maximum absolute atomic E-state index is 12.5. The standard InChI is InChI=1S/C14H19N3OS2/c1-10(16-6-3-2-4-7-16)9-17-13(18)12-11(5-8-20-12)15-14(17)19/h5,8,10H,2-4,6-7,9H2,1H3,(H,15,19). The molecule has 20 heavy (non-hydrogen) atoms. The van der Waals surface area contributed by atoms with Gasteiger partial charge < -0.3 is 4.98 Å². The SMILES string of the molecule is CC(Cn1c(=S)[nH]c2ccsc2c1=O)N1CCCCC1. The molecule has 3 heterocycles. The fourth-order valence-electron chi connectivity index (χ4n) is 2.88. The van der Waals surface area contributed by atoms with Crippen LogP contribution in [0.25, 0.3) is 10.2 Å². The van der Waals surface area contributed by atoms with Crippen molar-refractivity contribution in [1.82, 2.24) is 14.5 Å². The molecule has 2 aromatic heterocycles. The van der Waals surface area contributed by atoms with Crippen LogP contribution in [0.2, 0.25) is 0 Å². The number of nitrogens with zero attached hydrogens (tertiary/aromatic N) is 2. The maximum atomic E-state index is 12.5. The number of H-pyrrole nitrogens is 1. The molecule has 1 N–H and O–H groups in total. The first kappa shape index (κ1) is 14.0. The van der Waals surface area contributed by atoms with Crippen LogP contribution in [0.5, 0.6) is 0 Å². The third-order valence-electron chi connectivity index (χ3n) is 4.05. The highest BCUT2D eigenvalue weighted by molar-refractivity contribution is 7.71.